The van der Waals surface area contributed by atoms with Crippen LogP contribution >= 0.6 is 0 Å². The molecular formula is C13H29N3O. The van der Waals surface area contributed by atoms with Crippen LogP contribution in [0.25, 0.3) is 0 Å². The van der Waals surface area contributed by atoms with Crippen LogP contribution in [-0.4, -0.2) is 68.3 Å². The van der Waals surface area contributed by atoms with E-state index in [0.717, 1.165) is 13.1 Å². The van der Waals surface area contributed by atoms with Crippen LogP contribution in [0.1, 0.15) is 26.7 Å². The minimum Gasteiger partial charge on any atom is -0.383 e. The molecule has 0 bridgehead atoms. The zero-order valence-electron chi connectivity index (χ0n) is 11.9. The molecule has 1 aliphatic heterocycles. The summed E-state index contributed by atoms with van der Waals surface area (Å²) in [5, 5.41) is 0. The molecule has 102 valence electrons. The Morgan fingerprint density at radius 2 is 2.12 bits per heavy atom. The molecule has 4 heteroatoms. The normalized spacial score (nSPS) is 27.7. The van der Waals surface area contributed by atoms with Crippen molar-refractivity contribution >= 4 is 0 Å². The highest BCUT2D eigenvalue weighted by molar-refractivity contribution is 4.93. The van der Waals surface area contributed by atoms with E-state index in [-0.39, 0.29) is 5.54 Å². The zero-order valence-corrected chi connectivity index (χ0v) is 11.9. The maximum absolute atomic E-state index is 5.99. The van der Waals surface area contributed by atoms with Gasteiger partial charge in [0.1, 0.15) is 0 Å². The molecule has 0 aromatic carbocycles. The van der Waals surface area contributed by atoms with E-state index in [4.69, 9.17) is 10.5 Å². The van der Waals surface area contributed by atoms with Gasteiger partial charge >= 0.3 is 0 Å². The van der Waals surface area contributed by atoms with Crippen LogP contribution in [0.2, 0.25) is 0 Å². The Bertz CT molecular complexity index is 225. The maximum atomic E-state index is 5.99. The number of ether oxygens (including phenoxy) is 1. The molecule has 0 aliphatic carbocycles. The average molecular weight is 243 g/mol. The fourth-order valence-corrected chi connectivity index (χ4v) is 2.87. The van der Waals surface area contributed by atoms with Crippen LogP contribution in [0.15, 0.2) is 0 Å². The molecule has 1 aliphatic rings. The van der Waals surface area contributed by atoms with Gasteiger partial charge in [0, 0.05) is 32.8 Å². The van der Waals surface area contributed by atoms with Crippen LogP contribution in [-0.2, 0) is 4.74 Å². The van der Waals surface area contributed by atoms with Crippen molar-refractivity contribution in [1.29, 1.82) is 0 Å². The molecule has 0 spiro atoms. The molecule has 0 amide bonds. The van der Waals surface area contributed by atoms with Gasteiger partial charge in [0.2, 0.25) is 0 Å². The number of methoxy groups -OCH3 is 1. The molecule has 1 rings (SSSR count). The van der Waals surface area contributed by atoms with Gasteiger partial charge in [0.05, 0.1) is 12.1 Å². The first-order valence-electron chi connectivity index (χ1n) is 6.71. The van der Waals surface area contributed by atoms with Crippen molar-refractivity contribution in [3.63, 3.8) is 0 Å². The largest absolute Gasteiger partial charge is 0.383 e. The molecule has 17 heavy (non-hydrogen) atoms. The van der Waals surface area contributed by atoms with Gasteiger partial charge in [0.15, 0.2) is 0 Å². The maximum Gasteiger partial charge on any atom is 0.0656 e. The molecule has 2 unspecified atom stereocenters. The Balaban J connectivity index is 2.82. The highest BCUT2D eigenvalue weighted by Crippen LogP contribution is 2.23. The molecule has 0 aromatic rings. The summed E-state index contributed by atoms with van der Waals surface area (Å²) >= 11 is 0. The van der Waals surface area contributed by atoms with Crippen molar-refractivity contribution in [2.75, 3.05) is 46.9 Å². The van der Waals surface area contributed by atoms with Gasteiger partial charge < -0.3 is 15.4 Å². The second kappa shape index (κ2) is 6.69. The molecule has 0 radical (unpaired) electrons. The van der Waals surface area contributed by atoms with Gasteiger partial charge in [-0.1, -0.05) is 6.92 Å². The summed E-state index contributed by atoms with van der Waals surface area (Å²) in [6.07, 6.45) is 2.38. The summed E-state index contributed by atoms with van der Waals surface area (Å²) < 4.78 is 5.38. The Labute approximate surface area is 106 Å². The highest BCUT2D eigenvalue weighted by atomic mass is 16.5. The number of hydrogen-bond acceptors (Lipinski definition) is 4. The Morgan fingerprint density at radius 3 is 2.65 bits per heavy atom. The zero-order chi connectivity index (χ0) is 12.9. The Kier molecular flexibility index (Phi) is 5.86. The lowest BCUT2D eigenvalue weighted by Crippen LogP contribution is -2.59. The van der Waals surface area contributed by atoms with Crippen LogP contribution in [0.3, 0.4) is 0 Å². The third kappa shape index (κ3) is 3.65. The Morgan fingerprint density at radius 1 is 1.41 bits per heavy atom. The lowest BCUT2D eigenvalue weighted by Gasteiger charge is -2.44. The predicted molar refractivity (Wildman–Crippen MR) is 72.2 cm³/mol. The number of nitrogens with two attached hydrogens (primary N) is 1. The first kappa shape index (κ1) is 14.9. The number of nitrogens with zero attached hydrogens (tertiary/aromatic N) is 2. The molecule has 1 fully saturated rings. The Hall–Kier alpha value is -0.160. The van der Waals surface area contributed by atoms with E-state index in [1.165, 1.54) is 19.4 Å². The van der Waals surface area contributed by atoms with E-state index in [0.29, 0.717) is 19.2 Å². The number of hydrogen-bond donors (Lipinski definition) is 1. The number of likely N-dealkylation sites (N-methyl/N-ethyl adjacent to an activating group) is 1. The van der Waals surface area contributed by atoms with E-state index in [1.807, 2.05) is 0 Å². The standard InChI is InChI=1S/C13H29N3O/c1-5-12-9-15(3)7-6-8-16(12)13(2,10-14)11-17-4/h12H,5-11,14H2,1-4H3. The molecule has 2 atom stereocenters. The third-order valence-corrected chi connectivity index (χ3v) is 3.96. The van der Waals surface area contributed by atoms with Gasteiger partial charge in [-0.05, 0) is 33.4 Å². The fourth-order valence-electron chi connectivity index (χ4n) is 2.87. The average Bonchev–Trinajstić information content (AvgIpc) is 2.51. The quantitative estimate of drug-likeness (QED) is 0.774. The molecule has 0 saturated carbocycles. The lowest BCUT2D eigenvalue weighted by atomic mass is 9.97. The highest BCUT2D eigenvalue weighted by Gasteiger charge is 2.36. The number of rotatable bonds is 5. The molecule has 4 nitrogen and oxygen atoms in total. The first-order valence-corrected chi connectivity index (χ1v) is 6.71. The smallest absolute Gasteiger partial charge is 0.0656 e. The van der Waals surface area contributed by atoms with Crippen molar-refractivity contribution in [3.05, 3.63) is 0 Å². The van der Waals surface area contributed by atoms with Crippen LogP contribution in [0, 0.1) is 0 Å². The van der Waals surface area contributed by atoms with Crippen LogP contribution in [0.5, 0.6) is 0 Å². The van der Waals surface area contributed by atoms with Crippen molar-refractivity contribution in [2.45, 2.75) is 38.3 Å². The van der Waals surface area contributed by atoms with Crippen molar-refractivity contribution in [2.24, 2.45) is 5.73 Å². The van der Waals surface area contributed by atoms with Gasteiger partial charge in [-0.3, -0.25) is 4.90 Å². The summed E-state index contributed by atoms with van der Waals surface area (Å²) in [7, 11) is 3.97. The minimum absolute atomic E-state index is 0.0272. The molecule has 0 aromatic heterocycles. The first-order chi connectivity index (χ1) is 8.07. The van der Waals surface area contributed by atoms with Gasteiger partial charge in [-0.2, -0.15) is 0 Å². The lowest BCUT2D eigenvalue weighted by molar-refractivity contribution is -0.000407. The monoisotopic (exact) mass is 243 g/mol. The second-order valence-corrected chi connectivity index (χ2v) is 5.51. The van der Waals surface area contributed by atoms with E-state index in [1.54, 1.807) is 7.11 Å². The SMILES string of the molecule is CCC1CN(C)CCCN1C(C)(CN)COC. The molecular weight excluding hydrogens is 214 g/mol. The molecule has 1 heterocycles. The summed E-state index contributed by atoms with van der Waals surface area (Å²) in [6, 6.07) is 0.589. The van der Waals surface area contributed by atoms with E-state index < -0.39 is 0 Å². The summed E-state index contributed by atoms with van der Waals surface area (Å²) in [6.45, 7) is 9.30. The predicted octanol–water partition coefficient (Wildman–Crippen LogP) is 0.766. The van der Waals surface area contributed by atoms with Gasteiger partial charge in [-0.25, -0.2) is 0 Å². The summed E-state index contributed by atoms with van der Waals surface area (Å²) in [5.41, 5.74) is 5.96. The molecule has 1 saturated heterocycles. The van der Waals surface area contributed by atoms with E-state index in [2.05, 4.69) is 30.7 Å². The van der Waals surface area contributed by atoms with Crippen LogP contribution in [0.4, 0.5) is 0 Å². The van der Waals surface area contributed by atoms with Gasteiger partial charge in [-0.15, -0.1) is 0 Å². The topological polar surface area (TPSA) is 41.7 Å². The van der Waals surface area contributed by atoms with Crippen molar-refractivity contribution < 1.29 is 4.74 Å². The fraction of sp³-hybridized carbons (Fsp3) is 1.00. The second-order valence-electron chi connectivity index (χ2n) is 5.51. The van der Waals surface area contributed by atoms with Gasteiger partial charge in [0.25, 0.3) is 0 Å². The summed E-state index contributed by atoms with van der Waals surface area (Å²) in [5.74, 6) is 0. The van der Waals surface area contributed by atoms with E-state index in [9.17, 15) is 0 Å². The summed E-state index contributed by atoms with van der Waals surface area (Å²) in [4.78, 5) is 5.00. The van der Waals surface area contributed by atoms with Crippen LogP contribution < -0.4 is 5.73 Å². The van der Waals surface area contributed by atoms with E-state index >= 15 is 0 Å². The minimum atomic E-state index is -0.0272. The molecule has 2 N–H and O–H groups in total. The third-order valence-electron chi connectivity index (χ3n) is 3.96. The van der Waals surface area contributed by atoms with Crippen molar-refractivity contribution in [1.82, 2.24) is 9.80 Å². The van der Waals surface area contributed by atoms with Crippen molar-refractivity contribution in [3.8, 4) is 0 Å².